The van der Waals surface area contributed by atoms with Crippen LogP contribution < -0.4 is 21.4 Å². The predicted octanol–water partition coefficient (Wildman–Crippen LogP) is 0.905. The third kappa shape index (κ3) is 3.89. The second-order valence-corrected chi connectivity index (χ2v) is 5.56. The van der Waals surface area contributed by atoms with E-state index in [-0.39, 0.29) is 13.1 Å². The summed E-state index contributed by atoms with van der Waals surface area (Å²) in [6, 6.07) is 0. The minimum absolute atomic E-state index is 0. The highest BCUT2D eigenvalue weighted by Crippen LogP contribution is 2.21. The van der Waals surface area contributed by atoms with E-state index in [1.165, 1.54) is 6.42 Å². The predicted molar refractivity (Wildman–Crippen MR) is 90.8 cm³/mol. The summed E-state index contributed by atoms with van der Waals surface area (Å²) in [4.78, 5) is 22.5. The lowest BCUT2D eigenvalue weighted by Gasteiger charge is -2.27. The summed E-state index contributed by atoms with van der Waals surface area (Å²) in [5.74, 6) is 0.617. The molecular formula is C15H25N7O. The number of nitrogens with two attached hydrogens (primary N) is 1. The quantitative estimate of drug-likeness (QED) is 0.758. The van der Waals surface area contributed by atoms with Gasteiger partial charge in [-0.05, 0) is 19.3 Å². The maximum Gasteiger partial charge on any atom is 0.271 e. The van der Waals surface area contributed by atoms with Crippen LogP contribution in [0.3, 0.4) is 0 Å². The molecule has 3 rings (SSSR count). The number of rotatable bonds is 4. The monoisotopic (exact) mass is 319 g/mol. The van der Waals surface area contributed by atoms with Crippen molar-refractivity contribution in [3.8, 4) is 0 Å². The number of carbonyl (C=O) groups excluding carboxylic acids is 1. The van der Waals surface area contributed by atoms with Gasteiger partial charge in [0.2, 0.25) is 0 Å². The topological polar surface area (TPSA) is 99.4 Å². The fourth-order valence-corrected chi connectivity index (χ4v) is 2.69. The van der Waals surface area contributed by atoms with Crippen molar-refractivity contribution in [3.63, 3.8) is 0 Å². The molecule has 0 saturated carbocycles. The summed E-state index contributed by atoms with van der Waals surface area (Å²) < 4.78 is 0. The van der Waals surface area contributed by atoms with Gasteiger partial charge in [-0.2, -0.15) is 0 Å². The van der Waals surface area contributed by atoms with Gasteiger partial charge in [0.1, 0.15) is 5.82 Å². The molecule has 0 aliphatic carbocycles. The van der Waals surface area contributed by atoms with Gasteiger partial charge in [-0.1, -0.05) is 7.43 Å². The summed E-state index contributed by atoms with van der Waals surface area (Å²) >= 11 is 0. The van der Waals surface area contributed by atoms with Gasteiger partial charge in [-0.15, -0.1) is 0 Å². The second kappa shape index (κ2) is 7.28. The minimum atomic E-state index is -0.583. The molecule has 1 aromatic heterocycles. The molecule has 4 N–H and O–H groups in total. The van der Waals surface area contributed by atoms with E-state index in [1.807, 2.05) is 18.3 Å². The summed E-state index contributed by atoms with van der Waals surface area (Å²) in [5.41, 5.74) is 9.60. The van der Waals surface area contributed by atoms with E-state index in [0.717, 1.165) is 37.4 Å². The number of hydrogen-bond acceptors (Lipinski definition) is 7. The van der Waals surface area contributed by atoms with E-state index in [2.05, 4.69) is 25.6 Å². The number of anilines is 2. The van der Waals surface area contributed by atoms with Crippen molar-refractivity contribution in [1.29, 1.82) is 0 Å². The van der Waals surface area contributed by atoms with Crippen LogP contribution in [0.15, 0.2) is 18.1 Å². The van der Waals surface area contributed by atoms with E-state index in [1.54, 1.807) is 6.20 Å². The second-order valence-electron chi connectivity index (χ2n) is 5.56. The number of piperidine rings is 1. The van der Waals surface area contributed by atoms with Gasteiger partial charge >= 0.3 is 0 Å². The van der Waals surface area contributed by atoms with Crippen LogP contribution in [0.5, 0.6) is 0 Å². The maximum absolute atomic E-state index is 11.6. The lowest BCUT2D eigenvalue weighted by Crippen LogP contribution is -2.31. The van der Waals surface area contributed by atoms with Crippen molar-refractivity contribution in [2.45, 2.75) is 26.7 Å². The molecule has 8 heteroatoms. The molecule has 8 nitrogen and oxygen atoms in total. The summed E-state index contributed by atoms with van der Waals surface area (Å²) in [6.45, 7) is 2.58. The number of carbonyl (C=O) groups is 1. The first-order valence-electron chi connectivity index (χ1n) is 7.49. The molecule has 2 aliphatic heterocycles. The van der Waals surface area contributed by atoms with Crippen LogP contribution >= 0.6 is 0 Å². The lowest BCUT2D eigenvalue weighted by molar-refractivity contribution is 0.0996. The molecule has 1 aromatic rings. The Bertz CT molecular complexity index is 595. The zero-order valence-electron chi connectivity index (χ0n) is 12.7. The van der Waals surface area contributed by atoms with Gasteiger partial charge in [0.15, 0.2) is 11.5 Å². The third-order valence-corrected chi connectivity index (χ3v) is 3.82. The Labute approximate surface area is 136 Å². The highest BCUT2D eigenvalue weighted by atomic mass is 16.1. The normalized spacial score (nSPS) is 17.5. The molecule has 0 radical (unpaired) electrons. The first kappa shape index (κ1) is 17.0. The Morgan fingerprint density at radius 1 is 1.35 bits per heavy atom. The number of primary amides is 1. The Morgan fingerprint density at radius 3 is 2.70 bits per heavy atom. The largest absolute Gasteiger partial charge is 0.364 e. The molecule has 1 fully saturated rings. The van der Waals surface area contributed by atoms with E-state index < -0.39 is 5.91 Å². The van der Waals surface area contributed by atoms with Gasteiger partial charge in [0, 0.05) is 32.0 Å². The molecule has 1 amide bonds. The van der Waals surface area contributed by atoms with Crippen molar-refractivity contribution in [3.05, 3.63) is 23.8 Å². The highest BCUT2D eigenvalue weighted by molar-refractivity contribution is 5.96. The molecular weight excluding hydrogens is 294 g/mol. The molecule has 0 atom stereocenters. The van der Waals surface area contributed by atoms with Crippen LogP contribution in [0.25, 0.3) is 0 Å². The van der Waals surface area contributed by atoms with E-state index in [4.69, 9.17) is 5.73 Å². The van der Waals surface area contributed by atoms with Gasteiger partial charge in [0.05, 0.1) is 12.7 Å². The molecule has 0 aromatic carbocycles. The minimum Gasteiger partial charge on any atom is -0.364 e. The van der Waals surface area contributed by atoms with E-state index in [0.29, 0.717) is 12.4 Å². The Balaban J connectivity index is 0.00000192. The van der Waals surface area contributed by atoms with Crippen molar-refractivity contribution in [1.82, 2.24) is 20.4 Å². The van der Waals surface area contributed by atoms with Crippen LogP contribution in [-0.2, 0) is 0 Å². The average Bonchev–Trinajstić information content (AvgIpc) is 2.93. The molecule has 2 aliphatic rings. The maximum atomic E-state index is 11.6. The van der Waals surface area contributed by atoms with Gasteiger partial charge in [0.25, 0.3) is 5.91 Å². The molecule has 1 saturated heterocycles. The Morgan fingerprint density at radius 2 is 2.09 bits per heavy atom. The van der Waals surface area contributed by atoms with Crippen LogP contribution in [0.1, 0.15) is 37.2 Å². The summed E-state index contributed by atoms with van der Waals surface area (Å²) in [7, 11) is 1.90. The number of aromatic nitrogens is 2. The van der Waals surface area contributed by atoms with Crippen molar-refractivity contribution >= 4 is 17.5 Å². The summed E-state index contributed by atoms with van der Waals surface area (Å²) in [6.07, 6.45) is 7.09. The van der Waals surface area contributed by atoms with Crippen LogP contribution in [0.2, 0.25) is 0 Å². The first-order valence-corrected chi connectivity index (χ1v) is 7.49. The zero-order valence-corrected chi connectivity index (χ0v) is 12.7. The SMILES string of the molecule is C.CN1C=C(Nc2nc(N3CCCCC3)cnc2C(N)=O)CN1. The molecule has 126 valence electrons. The Hall–Kier alpha value is -2.35. The van der Waals surface area contributed by atoms with Crippen molar-refractivity contribution in [2.24, 2.45) is 5.73 Å². The molecule has 0 spiro atoms. The number of nitrogens with zero attached hydrogens (tertiary/aromatic N) is 4. The summed E-state index contributed by atoms with van der Waals surface area (Å²) in [5, 5.41) is 5.00. The lowest BCUT2D eigenvalue weighted by atomic mass is 10.1. The number of hydrazine groups is 1. The zero-order chi connectivity index (χ0) is 15.5. The van der Waals surface area contributed by atoms with Gasteiger partial charge < -0.3 is 21.0 Å². The molecule has 23 heavy (non-hydrogen) atoms. The van der Waals surface area contributed by atoms with E-state index >= 15 is 0 Å². The van der Waals surface area contributed by atoms with E-state index in [9.17, 15) is 4.79 Å². The van der Waals surface area contributed by atoms with Crippen LogP contribution in [0, 0.1) is 0 Å². The number of hydrogen-bond donors (Lipinski definition) is 3. The van der Waals surface area contributed by atoms with Crippen LogP contribution in [-0.4, -0.2) is 47.6 Å². The standard InChI is InChI=1S/C14H21N7O.CH4/c1-20-9-10(7-17-20)18-14-12(13(15)22)16-8-11(19-14)21-5-3-2-4-6-21;/h8-9,17H,2-7H2,1H3,(H2,15,22)(H,18,19);1H4. The number of amides is 1. The molecule has 3 heterocycles. The average molecular weight is 319 g/mol. The highest BCUT2D eigenvalue weighted by Gasteiger charge is 2.19. The fourth-order valence-electron chi connectivity index (χ4n) is 2.69. The molecule has 0 bridgehead atoms. The molecule has 0 unspecified atom stereocenters. The van der Waals surface area contributed by atoms with Gasteiger partial charge in [-0.3, -0.25) is 4.79 Å². The number of nitrogens with one attached hydrogen (secondary N) is 2. The van der Waals surface area contributed by atoms with Crippen molar-refractivity contribution < 1.29 is 4.79 Å². The third-order valence-electron chi connectivity index (χ3n) is 3.82. The Kier molecular flexibility index (Phi) is 5.38. The van der Waals surface area contributed by atoms with Crippen molar-refractivity contribution in [2.75, 3.05) is 36.9 Å². The first-order chi connectivity index (χ1) is 10.6. The van der Waals surface area contributed by atoms with Gasteiger partial charge in [-0.25, -0.2) is 15.4 Å². The smallest absolute Gasteiger partial charge is 0.271 e. The fraction of sp³-hybridized carbons (Fsp3) is 0.533. The van der Waals surface area contributed by atoms with Crippen LogP contribution in [0.4, 0.5) is 11.6 Å².